The first-order valence-electron chi connectivity index (χ1n) is 9.37. The van der Waals surface area contributed by atoms with Gasteiger partial charge < -0.3 is 15.0 Å². The van der Waals surface area contributed by atoms with Gasteiger partial charge in [0, 0.05) is 29.0 Å². The van der Waals surface area contributed by atoms with Crippen LogP contribution in [-0.4, -0.2) is 15.9 Å². The highest BCUT2D eigenvalue weighted by atomic mass is 19.1. The maximum absolute atomic E-state index is 13.1. The molecular weight excluding hydrogens is 381 g/mol. The second kappa shape index (κ2) is 7.33. The summed E-state index contributed by atoms with van der Waals surface area (Å²) in [5, 5.41) is 5.59. The number of fused-ring (bicyclic) bond motifs is 2. The van der Waals surface area contributed by atoms with Crippen molar-refractivity contribution in [3.05, 3.63) is 96.6 Å². The first-order valence-corrected chi connectivity index (χ1v) is 9.37. The van der Waals surface area contributed by atoms with E-state index in [0.717, 1.165) is 21.8 Å². The van der Waals surface area contributed by atoms with Gasteiger partial charge in [0.15, 0.2) is 0 Å². The Kier molecular flexibility index (Phi) is 4.37. The predicted octanol–water partition coefficient (Wildman–Crippen LogP) is 5.90. The van der Waals surface area contributed by atoms with Crippen molar-refractivity contribution in [1.82, 2.24) is 9.97 Å². The van der Waals surface area contributed by atoms with Crippen molar-refractivity contribution in [2.24, 2.45) is 0 Å². The summed E-state index contributed by atoms with van der Waals surface area (Å²) in [5.41, 5.74) is 1.82. The molecule has 0 atom stereocenters. The molecule has 0 aliphatic heterocycles. The molecule has 0 spiro atoms. The number of nitrogens with zero attached hydrogens (tertiary/aromatic N) is 1. The number of H-pyrrole nitrogens is 1. The molecule has 0 bridgehead atoms. The van der Waals surface area contributed by atoms with Crippen LogP contribution in [0.5, 0.6) is 11.5 Å². The zero-order chi connectivity index (χ0) is 20.5. The predicted molar refractivity (Wildman–Crippen MR) is 114 cm³/mol. The summed E-state index contributed by atoms with van der Waals surface area (Å²) in [6.45, 7) is 0. The summed E-state index contributed by atoms with van der Waals surface area (Å²) >= 11 is 0. The lowest BCUT2D eigenvalue weighted by atomic mass is 10.1. The van der Waals surface area contributed by atoms with Gasteiger partial charge in [0.05, 0.1) is 5.39 Å². The second-order valence-corrected chi connectivity index (χ2v) is 6.80. The van der Waals surface area contributed by atoms with Gasteiger partial charge in [-0.15, -0.1) is 0 Å². The molecule has 30 heavy (non-hydrogen) atoms. The topological polar surface area (TPSA) is 67.0 Å². The Bertz CT molecular complexity index is 1380. The van der Waals surface area contributed by atoms with Crippen molar-refractivity contribution in [1.29, 1.82) is 0 Å². The smallest absolute Gasteiger partial charge is 0.255 e. The Morgan fingerprint density at radius 3 is 2.70 bits per heavy atom. The summed E-state index contributed by atoms with van der Waals surface area (Å²) < 4.78 is 19.2. The second-order valence-electron chi connectivity index (χ2n) is 6.80. The fraction of sp³-hybridized carbons (Fsp3) is 0. The lowest BCUT2D eigenvalue weighted by Gasteiger charge is -2.11. The average molecular weight is 397 g/mol. The average Bonchev–Trinajstić information content (AvgIpc) is 3.24. The molecule has 2 aromatic heterocycles. The van der Waals surface area contributed by atoms with Crippen molar-refractivity contribution in [3.63, 3.8) is 0 Å². The van der Waals surface area contributed by atoms with E-state index in [2.05, 4.69) is 15.3 Å². The third kappa shape index (κ3) is 3.35. The van der Waals surface area contributed by atoms with E-state index < -0.39 is 0 Å². The van der Waals surface area contributed by atoms with Crippen LogP contribution >= 0.6 is 0 Å². The molecule has 0 unspecified atom stereocenters. The van der Waals surface area contributed by atoms with Gasteiger partial charge >= 0.3 is 0 Å². The van der Waals surface area contributed by atoms with E-state index in [1.165, 1.54) is 24.3 Å². The molecule has 0 aliphatic rings. The third-order valence-corrected chi connectivity index (χ3v) is 4.85. The standard InChI is InChI=1S/C24H16FN3O2/c25-17-6-4-15(5-7-17)24(29)28-21-3-1-2-16-14-18(8-9-19(16)21)30-22-11-13-27-23-20(22)10-12-26-23/h1-14H,(H,26,27)(H,28,29). The van der Waals surface area contributed by atoms with Crippen LogP contribution in [0.1, 0.15) is 10.4 Å². The quantitative estimate of drug-likeness (QED) is 0.397. The summed E-state index contributed by atoms with van der Waals surface area (Å²) in [6.07, 6.45) is 3.51. The van der Waals surface area contributed by atoms with Crippen molar-refractivity contribution in [2.75, 3.05) is 5.32 Å². The number of rotatable bonds is 4. The number of pyridine rings is 1. The molecule has 0 radical (unpaired) electrons. The van der Waals surface area contributed by atoms with E-state index in [4.69, 9.17) is 4.74 Å². The lowest BCUT2D eigenvalue weighted by molar-refractivity contribution is 0.102. The highest BCUT2D eigenvalue weighted by molar-refractivity contribution is 6.09. The number of hydrogen-bond donors (Lipinski definition) is 2. The van der Waals surface area contributed by atoms with Crippen molar-refractivity contribution < 1.29 is 13.9 Å². The van der Waals surface area contributed by atoms with Gasteiger partial charge in [-0.05, 0) is 66.0 Å². The maximum atomic E-state index is 13.1. The van der Waals surface area contributed by atoms with Gasteiger partial charge in [-0.2, -0.15) is 0 Å². The van der Waals surface area contributed by atoms with Crippen LogP contribution in [0.3, 0.4) is 0 Å². The minimum Gasteiger partial charge on any atom is -0.457 e. The van der Waals surface area contributed by atoms with Crippen LogP contribution in [-0.2, 0) is 0 Å². The van der Waals surface area contributed by atoms with Crippen LogP contribution in [0.2, 0.25) is 0 Å². The fourth-order valence-corrected chi connectivity index (χ4v) is 3.38. The van der Waals surface area contributed by atoms with Crippen molar-refractivity contribution >= 4 is 33.4 Å². The number of ether oxygens (including phenoxy) is 1. The lowest BCUT2D eigenvalue weighted by Crippen LogP contribution is -2.12. The molecule has 5 rings (SSSR count). The Hall–Kier alpha value is -4.19. The molecule has 0 saturated carbocycles. The van der Waals surface area contributed by atoms with E-state index in [9.17, 15) is 9.18 Å². The van der Waals surface area contributed by atoms with E-state index in [0.29, 0.717) is 22.7 Å². The normalized spacial score (nSPS) is 11.0. The molecule has 2 heterocycles. The van der Waals surface area contributed by atoms with Crippen LogP contribution in [0, 0.1) is 5.82 Å². The van der Waals surface area contributed by atoms with Crippen LogP contribution in [0.25, 0.3) is 21.8 Å². The Balaban J connectivity index is 1.44. The van der Waals surface area contributed by atoms with E-state index in [-0.39, 0.29) is 11.7 Å². The highest BCUT2D eigenvalue weighted by Gasteiger charge is 2.10. The molecule has 2 N–H and O–H groups in total. The number of anilines is 1. The molecule has 0 saturated heterocycles. The fourth-order valence-electron chi connectivity index (χ4n) is 3.38. The van der Waals surface area contributed by atoms with Gasteiger partial charge in [-0.1, -0.05) is 12.1 Å². The molecule has 0 fully saturated rings. The first kappa shape index (κ1) is 17.9. The monoisotopic (exact) mass is 397 g/mol. The molecule has 0 aliphatic carbocycles. The summed E-state index contributed by atoms with van der Waals surface area (Å²) in [5.74, 6) is 0.712. The molecule has 5 nitrogen and oxygen atoms in total. The van der Waals surface area contributed by atoms with Crippen LogP contribution < -0.4 is 10.1 Å². The minimum atomic E-state index is -0.379. The molecule has 146 valence electrons. The summed E-state index contributed by atoms with van der Waals surface area (Å²) in [4.78, 5) is 19.8. The number of carbonyl (C=O) groups excluding carboxylic acids is 1. The third-order valence-electron chi connectivity index (χ3n) is 4.85. The SMILES string of the molecule is O=C(Nc1cccc2cc(Oc3ccnc4[nH]ccc34)ccc12)c1ccc(F)cc1. The van der Waals surface area contributed by atoms with Gasteiger partial charge in [0.1, 0.15) is 23.0 Å². The van der Waals surface area contributed by atoms with Crippen molar-refractivity contribution in [2.45, 2.75) is 0 Å². The highest BCUT2D eigenvalue weighted by Crippen LogP contribution is 2.32. The number of hydrogen-bond acceptors (Lipinski definition) is 3. The number of aromatic nitrogens is 2. The number of nitrogens with one attached hydrogen (secondary N) is 2. The largest absolute Gasteiger partial charge is 0.457 e. The number of carbonyl (C=O) groups is 1. The minimum absolute atomic E-state index is 0.297. The summed E-state index contributed by atoms with van der Waals surface area (Å²) in [7, 11) is 0. The van der Waals surface area contributed by atoms with E-state index >= 15 is 0 Å². The maximum Gasteiger partial charge on any atom is 0.255 e. The van der Waals surface area contributed by atoms with Crippen LogP contribution in [0.15, 0.2) is 85.2 Å². The zero-order valence-corrected chi connectivity index (χ0v) is 15.7. The van der Waals surface area contributed by atoms with Crippen LogP contribution in [0.4, 0.5) is 10.1 Å². The molecular formula is C24H16FN3O2. The molecule has 5 aromatic rings. The Morgan fingerprint density at radius 2 is 1.83 bits per heavy atom. The number of amides is 1. The van der Waals surface area contributed by atoms with Gasteiger partial charge in [0.25, 0.3) is 5.91 Å². The van der Waals surface area contributed by atoms with Gasteiger partial charge in [-0.3, -0.25) is 4.79 Å². The number of benzene rings is 3. The van der Waals surface area contributed by atoms with E-state index in [1.54, 1.807) is 6.20 Å². The van der Waals surface area contributed by atoms with E-state index in [1.807, 2.05) is 54.7 Å². The van der Waals surface area contributed by atoms with Gasteiger partial charge in [-0.25, -0.2) is 9.37 Å². The number of aromatic amines is 1. The molecule has 1 amide bonds. The molecule has 6 heteroatoms. The summed E-state index contributed by atoms with van der Waals surface area (Å²) in [6, 6.07) is 20.5. The first-order chi connectivity index (χ1) is 14.7. The molecule has 3 aromatic carbocycles. The Morgan fingerprint density at radius 1 is 0.967 bits per heavy atom. The van der Waals surface area contributed by atoms with Crippen molar-refractivity contribution in [3.8, 4) is 11.5 Å². The van der Waals surface area contributed by atoms with Gasteiger partial charge in [0.2, 0.25) is 0 Å². The zero-order valence-electron chi connectivity index (χ0n) is 15.7. The number of halogens is 1. The Labute approximate surface area is 171 Å².